The van der Waals surface area contributed by atoms with Crippen molar-refractivity contribution in [1.29, 1.82) is 0 Å². The number of aromatic nitrogens is 2. The van der Waals surface area contributed by atoms with Gasteiger partial charge in [-0.05, 0) is 49.1 Å². The van der Waals surface area contributed by atoms with Gasteiger partial charge in [0.05, 0.1) is 12.2 Å². The van der Waals surface area contributed by atoms with Gasteiger partial charge in [-0.15, -0.1) is 0 Å². The Hall–Kier alpha value is -2.66. The molecule has 5 heteroatoms. The first-order valence-corrected chi connectivity index (χ1v) is 8.73. The number of carbonyl (C=O) groups excluding carboxylic acids is 1. The first kappa shape index (κ1) is 15.8. The number of piperidine rings is 1. The Labute approximate surface area is 146 Å². The third-order valence-corrected chi connectivity index (χ3v) is 4.79. The van der Waals surface area contributed by atoms with Crippen molar-refractivity contribution in [2.45, 2.75) is 25.9 Å². The molecule has 1 N–H and O–H groups in total. The summed E-state index contributed by atoms with van der Waals surface area (Å²) in [5.74, 6) is 0.0733. The number of likely N-dealkylation sites (tertiary alicyclic amines) is 1. The zero-order valence-electron chi connectivity index (χ0n) is 14.1. The highest BCUT2D eigenvalue weighted by atomic mass is 16.3. The van der Waals surface area contributed by atoms with Gasteiger partial charge in [0.15, 0.2) is 0 Å². The van der Waals surface area contributed by atoms with Gasteiger partial charge in [0.1, 0.15) is 5.65 Å². The number of pyridine rings is 1. The normalized spacial score (nSPS) is 14.8. The summed E-state index contributed by atoms with van der Waals surface area (Å²) in [6.07, 6.45) is 6.99. The maximum Gasteiger partial charge on any atom is 0.255 e. The van der Waals surface area contributed by atoms with Crippen LogP contribution in [0.15, 0.2) is 48.8 Å². The zero-order chi connectivity index (χ0) is 17.2. The maximum atomic E-state index is 12.7. The summed E-state index contributed by atoms with van der Waals surface area (Å²) in [6.45, 7) is 1.69. The van der Waals surface area contributed by atoms with Crippen molar-refractivity contribution in [3.8, 4) is 5.69 Å². The molecule has 25 heavy (non-hydrogen) atoms. The van der Waals surface area contributed by atoms with Gasteiger partial charge in [-0.1, -0.05) is 12.1 Å². The van der Waals surface area contributed by atoms with Crippen LogP contribution in [0.2, 0.25) is 0 Å². The maximum absolute atomic E-state index is 12.7. The Kier molecular flexibility index (Phi) is 4.24. The van der Waals surface area contributed by atoms with Crippen LogP contribution in [0.3, 0.4) is 0 Å². The zero-order valence-corrected chi connectivity index (χ0v) is 14.1. The lowest BCUT2D eigenvalue weighted by atomic mass is 10.1. The van der Waals surface area contributed by atoms with E-state index in [1.165, 1.54) is 6.42 Å². The first-order chi connectivity index (χ1) is 12.3. The summed E-state index contributed by atoms with van der Waals surface area (Å²) < 4.78 is 1.98. The van der Waals surface area contributed by atoms with Crippen molar-refractivity contribution >= 4 is 16.9 Å². The van der Waals surface area contributed by atoms with E-state index in [1.54, 1.807) is 6.20 Å². The number of benzene rings is 1. The van der Waals surface area contributed by atoms with E-state index in [0.717, 1.165) is 48.2 Å². The molecule has 5 nitrogen and oxygen atoms in total. The SMILES string of the molecule is O=C(c1cnc2c(ccn2-c2cccc(CO)c2)c1)N1CCCCC1. The average molecular weight is 335 g/mol. The van der Waals surface area contributed by atoms with Gasteiger partial charge in [0.25, 0.3) is 5.91 Å². The fourth-order valence-corrected chi connectivity index (χ4v) is 3.43. The number of carbonyl (C=O) groups is 1. The largest absolute Gasteiger partial charge is 0.392 e. The summed E-state index contributed by atoms with van der Waals surface area (Å²) in [6, 6.07) is 11.6. The lowest BCUT2D eigenvalue weighted by Gasteiger charge is -2.26. The molecular formula is C20H21N3O2. The Bertz CT molecular complexity index is 910. The van der Waals surface area contributed by atoms with Crippen LogP contribution in [0.25, 0.3) is 16.7 Å². The second kappa shape index (κ2) is 6.69. The molecule has 3 aromatic rings. The number of aliphatic hydroxyl groups excluding tert-OH is 1. The number of fused-ring (bicyclic) bond motifs is 1. The van der Waals surface area contributed by atoms with Gasteiger partial charge in [-0.25, -0.2) is 4.98 Å². The number of hydrogen-bond donors (Lipinski definition) is 1. The fourth-order valence-electron chi connectivity index (χ4n) is 3.43. The Morgan fingerprint density at radius 2 is 1.96 bits per heavy atom. The molecule has 3 heterocycles. The van der Waals surface area contributed by atoms with Crippen LogP contribution in [0.1, 0.15) is 35.2 Å². The van der Waals surface area contributed by atoms with Crippen molar-refractivity contribution in [2.24, 2.45) is 0 Å². The van der Waals surface area contributed by atoms with Gasteiger partial charge in [0.2, 0.25) is 0 Å². The molecule has 1 saturated heterocycles. The van der Waals surface area contributed by atoms with Crippen LogP contribution < -0.4 is 0 Å². The first-order valence-electron chi connectivity index (χ1n) is 8.73. The fraction of sp³-hybridized carbons (Fsp3) is 0.300. The number of aliphatic hydroxyl groups is 1. The van der Waals surface area contributed by atoms with E-state index in [4.69, 9.17) is 0 Å². The lowest BCUT2D eigenvalue weighted by molar-refractivity contribution is 0.0724. The third kappa shape index (κ3) is 3.03. The highest BCUT2D eigenvalue weighted by Gasteiger charge is 2.19. The van der Waals surface area contributed by atoms with Crippen molar-refractivity contribution in [2.75, 3.05) is 13.1 Å². The average Bonchev–Trinajstić information content (AvgIpc) is 3.11. The van der Waals surface area contributed by atoms with Crippen LogP contribution in [0.5, 0.6) is 0 Å². The van der Waals surface area contributed by atoms with Crippen LogP contribution in [-0.4, -0.2) is 38.6 Å². The highest BCUT2D eigenvalue weighted by molar-refractivity contribution is 5.97. The molecule has 1 amide bonds. The van der Waals surface area contributed by atoms with E-state index >= 15 is 0 Å². The number of rotatable bonds is 3. The minimum absolute atomic E-state index is 0.00888. The molecule has 0 aliphatic carbocycles. The second-order valence-electron chi connectivity index (χ2n) is 6.50. The number of nitrogens with zero attached hydrogens (tertiary/aromatic N) is 3. The van der Waals surface area contributed by atoms with Crippen LogP contribution in [-0.2, 0) is 6.61 Å². The van der Waals surface area contributed by atoms with E-state index in [2.05, 4.69) is 4.98 Å². The Morgan fingerprint density at radius 1 is 1.12 bits per heavy atom. The summed E-state index contributed by atoms with van der Waals surface area (Å²) in [4.78, 5) is 19.1. The second-order valence-corrected chi connectivity index (χ2v) is 6.50. The molecule has 4 rings (SSSR count). The van der Waals surface area contributed by atoms with Gasteiger partial charge < -0.3 is 14.6 Å². The predicted molar refractivity (Wildman–Crippen MR) is 96.7 cm³/mol. The van der Waals surface area contributed by atoms with E-state index in [0.29, 0.717) is 5.56 Å². The van der Waals surface area contributed by atoms with Gasteiger partial charge in [-0.3, -0.25) is 4.79 Å². The number of amides is 1. The lowest BCUT2D eigenvalue weighted by Crippen LogP contribution is -2.35. The van der Waals surface area contributed by atoms with Crippen LogP contribution in [0.4, 0.5) is 0 Å². The van der Waals surface area contributed by atoms with E-state index in [9.17, 15) is 9.90 Å². The molecule has 1 fully saturated rings. The van der Waals surface area contributed by atoms with Crippen molar-refractivity contribution in [3.63, 3.8) is 0 Å². The smallest absolute Gasteiger partial charge is 0.255 e. The monoisotopic (exact) mass is 335 g/mol. The molecular weight excluding hydrogens is 314 g/mol. The standard InChI is InChI=1S/C20H21N3O2/c24-14-15-5-4-6-18(11-15)23-10-7-16-12-17(13-21-19(16)23)20(25)22-8-2-1-3-9-22/h4-7,10-13,24H,1-3,8-9,14H2. The summed E-state index contributed by atoms with van der Waals surface area (Å²) >= 11 is 0. The quantitative estimate of drug-likeness (QED) is 0.800. The summed E-state index contributed by atoms with van der Waals surface area (Å²) in [5.41, 5.74) is 3.27. The van der Waals surface area contributed by atoms with E-state index < -0.39 is 0 Å². The van der Waals surface area contributed by atoms with Crippen molar-refractivity contribution in [1.82, 2.24) is 14.5 Å². The Balaban J connectivity index is 1.67. The highest BCUT2D eigenvalue weighted by Crippen LogP contribution is 2.22. The molecule has 128 valence electrons. The number of hydrogen-bond acceptors (Lipinski definition) is 3. The van der Waals surface area contributed by atoms with Crippen LogP contribution in [0, 0.1) is 0 Å². The van der Waals surface area contributed by atoms with Gasteiger partial charge in [0, 0.05) is 36.6 Å². The van der Waals surface area contributed by atoms with E-state index in [-0.39, 0.29) is 12.5 Å². The molecule has 0 atom stereocenters. The molecule has 1 aromatic carbocycles. The molecule has 0 spiro atoms. The van der Waals surface area contributed by atoms with Gasteiger partial charge >= 0.3 is 0 Å². The third-order valence-electron chi connectivity index (χ3n) is 4.79. The van der Waals surface area contributed by atoms with Crippen LogP contribution >= 0.6 is 0 Å². The minimum atomic E-state index is 0.00888. The van der Waals surface area contributed by atoms with E-state index in [1.807, 2.05) is 52.1 Å². The molecule has 0 unspecified atom stereocenters. The Morgan fingerprint density at radius 3 is 2.76 bits per heavy atom. The molecule has 1 aliphatic rings. The van der Waals surface area contributed by atoms with Crippen molar-refractivity contribution in [3.05, 3.63) is 59.9 Å². The van der Waals surface area contributed by atoms with Gasteiger partial charge in [-0.2, -0.15) is 0 Å². The molecule has 1 aliphatic heterocycles. The molecule has 0 bridgehead atoms. The molecule has 2 aromatic heterocycles. The summed E-state index contributed by atoms with van der Waals surface area (Å²) in [7, 11) is 0. The minimum Gasteiger partial charge on any atom is -0.392 e. The molecule has 0 saturated carbocycles. The van der Waals surface area contributed by atoms with Crippen molar-refractivity contribution < 1.29 is 9.90 Å². The molecule has 0 radical (unpaired) electrons. The topological polar surface area (TPSA) is 58.4 Å². The predicted octanol–water partition coefficient (Wildman–Crippen LogP) is 3.14. The summed E-state index contributed by atoms with van der Waals surface area (Å²) in [5, 5.41) is 10.3.